The predicted octanol–water partition coefficient (Wildman–Crippen LogP) is 3.77. The van der Waals surface area contributed by atoms with Crippen LogP contribution < -0.4 is 0 Å². The van der Waals surface area contributed by atoms with Gasteiger partial charge in [-0.15, -0.1) is 0 Å². The average Bonchev–Trinajstić information content (AvgIpc) is 3.03. The first-order valence-electron chi connectivity index (χ1n) is 6.95. The summed E-state index contributed by atoms with van der Waals surface area (Å²) in [5.41, 5.74) is 0.326. The number of hydrogen-bond acceptors (Lipinski definition) is 1. The molecule has 3 aliphatic rings. The Morgan fingerprint density at radius 1 is 1.20 bits per heavy atom. The molecule has 1 aliphatic heterocycles. The highest BCUT2D eigenvalue weighted by Gasteiger charge is 2.46. The first kappa shape index (κ1) is 10.1. The van der Waals surface area contributed by atoms with Crippen LogP contribution in [0.15, 0.2) is 0 Å². The third-order valence-corrected chi connectivity index (χ3v) is 5.13. The van der Waals surface area contributed by atoms with Crippen LogP contribution in [0.5, 0.6) is 0 Å². The minimum atomic E-state index is 0.326. The highest BCUT2D eigenvalue weighted by molar-refractivity contribution is 4.96. The molecule has 15 heavy (non-hydrogen) atoms. The van der Waals surface area contributed by atoms with Crippen LogP contribution in [0.3, 0.4) is 0 Å². The van der Waals surface area contributed by atoms with Gasteiger partial charge in [0.15, 0.2) is 0 Å². The largest absolute Gasteiger partial charge is 0.375 e. The Labute approximate surface area is 93.6 Å². The lowest BCUT2D eigenvalue weighted by Crippen LogP contribution is -2.38. The van der Waals surface area contributed by atoms with Crippen molar-refractivity contribution in [2.24, 2.45) is 17.8 Å². The van der Waals surface area contributed by atoms with E-state index in [1.165, 1.54) is 51.4 Å². The Morgan fingerprint density at radius 2 is 2.13 bits per heavy atom. The van der Waals surface area contributed by atoms with Gasteiger partial charge in [-0.25, -0.2) is 0 Å². The van der Waals surface area contributed by atoms with Crippen molar-refractivity contribution in [1.29, 1.82) is 0 Å². The van der Waals surface area contributed by atoms with Crippen molar-refractivity contribution < 1.29 is 4.74 Å². The van der Waals surface area contributed by atoms with E-state index in [0.717, 1.165) is 24.4 Å². The summed E-state index contributed by atoms with van der Waals surface area (Å²) in [5, 5.41) is 0. The lowest BCUT2D eigenvalue weighted by Gasteiger charge is -2.40. The summed E-state index contributed by atoms with van der Waals surface area (Å²) < 4.78 is 6.32. The molecule has 0 unspecified atom stereocenters. The maximum absolute atomic E-state index is 6.32. The molecule has 0 N–H and O–H groups in total. The topological polar surface area (TPSA) is 9.23 Å². The zero-order valence-electron chi connectivity index (χ0n) is 10.0. The molecule has 0 radical (unpaired) electrons. The molecule has 0 aromatic carbocycles. The lowest BCUT2D eigenvalue weighted by molar-refractivity contribution is -0.0866. The van der Waals surface area contributed by atoms with Gasteiger partial charge in [-0.2, -0.15) is 0 Å². The van der Waals surface area contributed by atoms with E-state index in [1.54, 1.807) is 0 Å². The van der Waals surface area contributed by atoms with Crippen LogP contribution in [-0.2, 0) is 4.74 Å². The summed E-state index contributed by atoms with van der Waals surface area (Å²) in [6.07, 6.45) is 11.2. The maximum atomic E-state index is 6.32. The van der Waals surface area contributed by atoms with Crippen molar-refractivity contribution in [2.75, 3.05) is 6.61 Å². The quantitative estimate of drug-likeness (QED) is 0.637. The van der Waals surface area contributed by atoms with E-state index in [2.05, 4.69) is 6.92 Å². The van der Waals surface area contributed by atoms with Crippen molar-refractivity contribution in [1.82, 2.24) is 0 Å². The molecule has 2 saturated carbocycles. The molecule has 1 heterocycles. The zero-order valence-corrected chi connectivity index (χ0v) is 10.0. The molecule has 0 bridgehead atoms. The summed E-state index contributed by atoms with van der Waals surface area (Å²) >= 11 is 0. The molecule has 2 aliphatic carbocycles. The second kappa shape index (κ2) is 3.76. The summed E-state index contributed by atoms with van der Waals surface area (Å²) in [7, 11) is 0. The van der Waals surface area contributed by atoms with Gasteiger partial charge >= 0.3 is 0 Å². The van der Waals surface area contributed by atoms with Crippen molar-refractivity contribution in [3.63, 3.8) is 0 Å². The Hall–Kier alpha value is -0.0400. The minimum Gasteiger partial charge on any atom is -0.375 e. The lowest BCUT2D eigenvalue weighted by atomic mass is 9.74. The fourth-order valence-electron chi connectivity index (χ4n) is 3.82. The van der Waals surface area contributed by atoms with E-state index in [1.807, 2.05) is 0 Å². The first-order chi connectivity index (χ1) is 7.31. The molecule has 1 saturated heterocycles. The van der Waals surface area contributed by atoms with Crippen LogP contribution in [0.2, 0.25) is 0 Å². The second-order valence-corrected chi connectivity index (χ2v) is 6.16. The van der Waals surface area contributed by atoms with Crippen LogP contribution in [-0.4, -0.2) is 12.2 Å². The molecule has 0 aromatic rings. The van der Waals surface area contributed by atoms with E-state index >= 15 is 0 Å². The van der Waals surface area contributed by atoms with E-state index in [-0.39, 0.29) is 0 Å². The Morgan fingerprint density at radius 3 is 3.00 bits per heavy atom. The summed E-state index contributed by atoms with van der Waals surface area (Å²) in [6.45, 7) is 3.43. The first-order valence-corrected chi connectivity index (χ1v) is 6.95. The standard InChI is InChI=1S/C14H24O/c1-2-11-4-3-6-14(9-11)7-5-12-8-13(12)10-15-14/h11-13H,2-10H2,1H3/t11-,12-,13-,14+/m1/s1. The van der Waals surface area contributed by atoms with Crippen LogP contribution in [0, 0.1) is 17.8 Å². The zero-order chi connectivity index (χ0) is 10.3. The summed E-state index contributed by atoms with van der Waals surface area (Å²) in [5.74, 6) is 2.95. The number of rotatable bonds is 1. The van der Waals surface area contributed by atoms with Crippen molar-refractivity contribution in [2.45, 2.75) is 63.9 Å². The van der Waals surface area contributed by atoms with Crippen molar-refractivity contribution >= 4 is 0 Å². The molecule has 4 atom stereocenters. The Bertz CT molecular complexity index is 223. The normalized spacial score (nSPS) is 49.8. The second-order valence-electron chi connectivity index (χ2n) is 6.16. The van der Waals surface area contributed by atoms with Crippen LogP contribution >= 0.6 is 0 Å². The summed E-state index contributed by atoms with van der Waals surface area (Å²) in [4.78, 5) is 0. The average molecular weight is 208 g/mol. The van der Waals surface area contributed by atoms with E-state index < -0.39 is 0 Å². The molecule has 86 valence electrons. The highest BCUT2D eigenvalue weighted by Crippen LogP contribution is 2.50. The van der Waals surface area contributed by atoms with Gasteiger partial charge in [0.05, 0.1) is 12.2 Å². The third kappa shape index (κ3) is 1.95. The Kier molecular flexibility index (Phi) is 2.54. The number of fused-ring (bicyclic) bond motifs is 1. The van der Waals surface area contributed by atoms with Crippen molar-refractivity contribution in [3.8, 4) is 0 Å². The van der Waals surface area contributed by atoms with E-state index in [9.17, 15) is 0 Å². The molecule has 3 rings (SSSR count). The van der Waals surface area contributed by atoms with Gasteiger partial charge in [0.1, 0.15) is 0 Å². The summed E-state index contributed by atoms with van der Waals surface area (Å²) in [6, 6.07) is 0. The van der Waals surface area contributed by atoms with E-state index in [0.29, 0.717) is 5.60 Å². The Balaban J connectivity index is 1.66. The van der Waals surface area contributed by atoms with Crippen LogP contribution in [0.1, 0.15) is 58.3 Å². The van der Waals surface area contributed by atoms with Crippen LogP contribution in [0.25, 0.3) is 0 Å². The fraction of sp³-hybridized carbons (Fsp3) is 1.00. The number of hydrogen-bond donors (Lipinski definition) is 0. The maximum Gasteiger partial charge on any atom is 0.0685 e. The number of ether oxygens (including phenoxy) is 1. The minimum absolute atomic E-state index is 0.326. The molecule has 1 spiro atoms. The molecule has 0 aromatic heterocycles. The molecule has 0 amide bonds. The smallest absolute Gasteiger partial charge is 0.0685 e. The van der Waals surface area contributed by atoms with Gasteiger partial charge in [-0.05, 0) is 49.9 Å². The van der Waals surface area contributed by atoms with Gasteiger partial charge < -0.3 is 4.74 Å². The molecule has 1 heteroatoms. The molecule has 1 nitrogen and oxygen atoms in total. The van der Waals surface area contributed by atoms with Crippen molar-refractivity contribution in [3.05, 3.63) is 0 Å². The third-order valence-electron chi connectivity index (χ3n) is 5.13. The highest BCUT2D eigenvalue weighted by atomic mass is 16.5. The van der Waals surface area contributed by atoms with Gasteiger partial charge in [-0.3, -0.25) is 0 Å². The van der Waals surface area contributed by atoms with Gasteiger partial charge in [0.2, 0.25) is 0 Å². The molecule has 3 fully saturated rings. The predicted molar refractivity (Wildman–Crippen MR) is 61.8 cm³/mol. The monoisotopic (exact) mass is 208 g/mol. The molecular weight excluding hydrogens is 184 g/mol. The van der Waals surface area contributed by atoms with Gasteiger partial charge in [0.25, 0.3) is 0 Å². The van der Waals surface area contributed by atoms with E-state index in [4.69, 9.17) is 4.74 Å². The van der Waals surface area contributed by atoms with Gasteiger partial charge in [0, 0.05) is 0 Å². The van der Waals surface area contributed by atoms with Crippen LogP contribution in [0.4, 0.5) is 0 Å². The SMILES string of the molecule is CC[C@@H]1CCC[C@]2(CC[C@@H]3C[C@@H]3CO2)C1. The van der Waals surface area contributed by atoms with Gasteiger partial charge in [-0.1, -0.05) is 26.2 Å². The fourth-order valence-corrected chi connectivity index (χ4v) is 3.82. The molecular formula is C14H24O.